The molecule has 0 amide bonds. The molecule has 2 unspecified atom stereocenters. The quantitative estimate of drug-likeness (QED) is 0.354. The Kier molecular flexibility index (Phi) is 7.06. The predicted molar refractivity (Wildman–Crippen MR) is 146 cm³/mol. The van der Waals surface area contributed by atoms with E-state index in [4.69, 9.17) is 28.4 Å². The molecule has 3 saturated carbocycles. The van der Waals surface area contributed by atoms with E-state index in [1.807, 2.05) is 14.0 Å². The number of fused-ring (bicyclic) bond motifs is 4. The fourth-order valence-electron chi connectivity index (χ4n) is 9.34. The highest BCUT2D eigenvalue weighted by Gasteiger charge is 2.65. The molecule has 7 heteroatoms. The Balaban J connectivity index is 1.45. The van der Waals surface area contributed by atoms with Crippen molar-refractivity contribution in [2.75, 3.05) is 35.0 Å². The number of benzene rings is 1. The van der Waals surface area contributed by atoms with Gasteiger partial charge < -0.3 is 33.5 Å². The number of methoxy groups -OCH3 is 4. The van der Waals surface area contributed by atoms with E-state index in [9.17, 15) is 5.11 Å². The Hall–Kier alpha value is -1.32. The van der Waals surface area contributed by atoms with Crippen molar-refractivity contribution in [3.63, 3.8) is 0 Å². The summed E-state index contributed by atoms with van der Waals surface area (Å²) < 4.78 is 35.4. The molecule has 1 heterocycles. The smallest absolute Gasteiger partial charge is 0.189 e. The Morgan fingerprint density at radius 3 is 2.23 bits per heavy atom. The Morgan fingerprint density at radius 2 is 1.62 bits per heavy atom. The molecule has 6 atom stereocenters. The second-order valence-corrected chi connectivity index (χ2v) is 12.9. The zero-order valence-electron chi connectivity index (χ0n) is 24.5. The lowest BCUT2D eigenvalue weighted by Gasteiger charge is -2.58. The van der Waals surface area contributed by atoms with Gasteiger partial charge in [0.15, 0.2) is 18.4 Å². The van der Waals surface area contributed by atoms with Crippen molar-refractivity contribution in [2.45, 2.75) is 101 Å². The summed E-state index contributed by atoms with van der Waals surface area (Å²) in [5.41, 5.74) is 3.77. The third-order valence-electron chi connectivity index (χ3n) is 11.5. The van der Waals surface area contributed by atoms with Crippen molar-refractivity contribution < 1.29 is 33.5 Å². The van der Waals surface area contributed by atoms with Crippen LogP contribution in [0.4, 0.5) is 0 Å². The van der Waals surface area contributed by atoms with Crippen LogP contribution < -0.4 is 0 Å². The zero-order valence-corrected chi connectivity index (χ0v) is 24.5. The minimum Gasteiger partial charge on any atom is -0.385 e. The van der Waals surface area contributed by atoms with E-state index in [2.05, 4.69) is 31.2 Å². The van der Waals surface area contributed by atoms with E-state index in [1.54, 1.807) is 21.3 Å². The van der Waals surface area contributed by atoms with Crippen LogP contribution in [-0.4, -0.2) is 63.4 Å². The van der Waals surface area contributed by atoms with Crippen molar-refractivity contribution >= 4 is 0 Å². The first-order chi connectivity index (χ1) is 18.7. The molecule has 0 spiro atoms. The fourth-order valence-corrected chi connectivity index (χ4v) is 9.34. The number of aliphatic hydroxyl groups is 1. The van der Waals surface area contributed by atoms with Gasteiger partial charge in [0.05, 0.1) is 17.8 Å². The molecule has 1 aliphatic heterocycles. The summed E-state index contributed by atoms with van der Waals surface area (Å²) >= 11 is 0. The van der Waals surface area contributed by atoms with Crippen molar-refractivity contribution in [2.24, 2.45) is 17.3 Å². The molecule has 1 saturated heterocycles. The van der Waals surface area contributed by atoms with Gasteiger partial charge in [0.2, 0.25) is 0 Å². The number of rotatable bonds is 7. The molecule has 4 aliphatic carbocycles. The Morgan fingerprint density at radius 1 is 0.923 bits per heavy atom. The van der Waals surface area contributed by atoms with Gasteiger partial charge in [-0.15, -0.1) is 0 Å². The maximum atomic E-state index is 12.2. The number of hydrogen-bond donors (Lipinski definition) is 1. The molecular formula is C32H46O7. The summed E-state index contributed by atoms with van der Waals surface area (Å²) in [6.07, 6.45) is 6.36. The molecular weight excluding hydrogens is 496 g/mol. The van der Waals surface area contributed by atoms with Gasteiger partial charge in [0.25, 0.3) is 0 Å². The van der Waals surface area contributed by atoms with Crippen molar-refractivity contribution in [3.05, 3.63) is 46.5 Å². The monoisotopic (exact) mass is 542 g/mol. The highest BCUT2D eigenvalue weighted by molar-refractivity contribution is 5.44. The maximum absolute atomic E-state index is 12.2. The summed E-state index contributed by atoms with van der Waals surface area (Å²) in [5.74, 6) is 0.360. The molecule has 5 aliphatic rings. The number of ether oxygens (including phenoxy) is 6. The summed E-state index contributed by atoms with van der Waals surface area (Å²) in [6, 6.07) is 8.78. The maximum Gasteiger partial charge on any atom is 0.189 e. The van der Waals surface area contributed by atoms with Gasteiger partial charge in [-0.3, -0.25) is 0 Å². The molecule has 1 aromatic rings. The van der Waals surface area contributed by atoms with Crippen LogP contribution in [-0.2, 0) is 28.4 Å². The van der Waals surface area contributed by atoms with Crippen molar-refractivity contribution in [1.29, 1.82) is 0 Å². The minimum atomic E-state index is -0.907. The van der Waals surface area contributed by atoms with E-state index in [-0.39, 0.29) is 29.5 Å². The van der Waals surface area contributed by atoms with Crippen LogP contribution in [0, 0.1) is 17.3 Å². The summed E-state index contributed by atoms with van der Waals surface area (Å²) in [7, 11) is 7.04. The average Bonchev–Trinajstić information content (AvgIpc) is 3.22. The normalized spacial score (nSPS) is 42.9. The van der Waals surface area contributed by atoms with Crippen LogP contribution in [0.1, 0.15) is 88.5 Å². The molecule has 1 N–H and O–H groups in total. The molecule has 1 aromatic carbocycles. The second kappa shape index (κ2) is 9.90. The first-order valence-electron chi connectivity index (χ1n) is 14.7. The van der Waals surface area contributed by atoms with Crippen LogP contribution in [0.5, 0.6) is 0 Å². The van der Waals surface area contributed by atoms with Crippen LogP contribution in [0.2, 0.25) is 0 Å². The molecule has 0 aromatic heterocycles. The van der Waals surface area contributed by atoms with Gasteiger partial charge >= 0.3 is 0 Å². The Labute approximate surface area is 233 Å². The molecule has 6 rings (SSSR count). The van der Waals surface area contributed by atoms with Crippen molar-refractivity contribution in [1.82, 2.24) is 0 Å². The van der Waals surface area contributed by atoms with Crippen LogP contribution in [0.3, 0.4) is 0 Å². The first-order valence-corrected chi connectivity index (χ1v) is 14.7. The van der Waals surface area contributed by atoms with Crippen LogP contribution in [0.25, 0.3) is 0 Å². The average molecular weight is 543 g/mol. The zero-order chi connectivity index (χ0) is 27.6. The number of allylic oxidation sites excluding steroid dienone is 1. The van der Waals surface area contributed by atoms with E-state index in [1.165, 1.54) is 16.7 Å². The molecule has 0 radical (unpaired) electrons. The minimum absolute atomic E-state index is 0.0433. The van der Waals surface area contributed by atoms with Gasteiger partial charge in [-0.2, -0.15) is 0 Å². The highest BCUT2D eigenvalue weighted by atomic mass is 16.9. The van der Waals surface area contributed by atoms with Gasteiger partial charge in [-0.25, -0.2) is 0 Å². The fraction of sp³-hybridized carbons (Fsp3) is 0.750. The molecule has 216 valence electrons. The SMILES string of the molecule is COC[C@]1(OC)CCC2C3CC[C@@]4(O)CC(OC)(OC)CCC4=C3[C@@H](c3ccc(C4OC(C)O4)cc3)C[C@@]21C. The van der Waals surface area contributed by atoms with Gasteiger partial charge in [-0.05, 0) is 68.4 Å². The standard InChI is InChI=1S/C32H46O7/c1-20-38-28(39-20)22-9-7-21(8-10-22)24-17-29(2)25(12-15-31(29,35-4)19-34-3)23-11-14-30(33)18-32(36-5,37-6)16-13-26(30)27(23)24/h7-10,20,23-25,28,33H,11-19H2,1-6H3/t20?,23?,24-,25?,28?,29+,30-,31-/m1/s1. The topological polar surface area (TPSA) is 75.6 Å². The largest absolute Gasteiger partial charge is 0.385 e. The summed E-state index contributed by atoms with van der Waals surface area (Å²) in [4.78, 5) is 0. The number of hydrogen-bond acceptors (Lipinski definition) is 7. The molecule has 39 heavy (non-hydrogen) atoms. The molecule has 0 bridgehead atoms. The van der Waals surface area contributed by atoms with E-state index in [0.717, 1.165) is 50.5 Å². The van der Waals surface area contributed by atoms with E-state index >= 15 is 0 Å². The lowest BCUT2D eigenvalue weighted by molar-refractivity contribution is -0.382. The van der Waals surface area contributed by atoms with E-state index in [0.29, 0.717) is 24.9 Å². The van der Waals surface area contributed by atoms with Crippen LogP contribution >= 0.6 is 0 Å². The lowest BCUT2D eigenvalue weighted by Crippen LogP contribution is -2.57. The third kappa shape index (κ3) is 4.10. The Bertz CT molecular complexity index is 1090. The third-order valence-corrected chi connectivity index (χ3v) is 11.5. The first kappa shape index (κ1) is 27.8. The van der Waals surface area contributed by atoms with Crippen LogP contribution in [0.15, 0.2) is 35.4 Å². The van der Waals surface area contributed by atoms with Gasteiger partial charge in [-0.1, -0.05) is 36.8 Å². The lowest BCUT2D eigenvalue weighted by atomic mass is 9.49. The highest BCUT2D eigenvalue weighted by Crippen LogP contribution is 2.68. The molecule has 4 fully saturated rings. The van der Waals surface area contributed by atoms with E-state index < -0.39 is 11.4 Å². The molecule has 7 nitrogen and oxygen atoms in total. The summed E-state index contributed by atoms with van der Waals surface area (Å²) in [6.45, 7) is 4.96. The second-order valence-electron chi connectivity index (χ2n) is 12.9. The van der Waals surface area contributed by atoms with Gasteiger partial charge in [0.1, 0.15) is 0 Å². The predicted octanol–water partition coefficient (Wildman–Crippen LogP) is 5.62. The summed E-state index contributed by atoms with van der Waals surface area (Å²) in [5, 5.41) is 12.2. The van der Waals surface area contributed by atoms with Gasteiger partial charge in [0, 0.05) is 58.2 Å². The van der Waals surface area contributed by atoms with Crippen molar-refractivity contribution in [3.8, 4) is 0 Å².